The van der Waals surface area contributed by atoms with Crippen molar-refractivity contribution in [1.29, 1.82) is 0 Å². The van der Waals surface area contributed by atoms with Gasteiger partial charge in [0.25, 0.3) is 11.8 Å². The predicted octanol–water partition coefficient (Wildman–Crippen LogP) is 8.83. The van der Waals surface area contributed by atoms with E-state index in [0.717, 1.165) is 31.6 Å². The molecule has 3 rings (SSSR count). The number of benzene rings is 2. The Bertz CT molecular complexity index is 1170. The van der Waals surface area contributed by atoms with Gasteiger partial charge in [0, 0.05) is 29.9 Å². The van der Waals surface area contributed by atoms with Crippen LogP contribution in [-0.2, 0) is 0 Å². The van der Waals surface area contributed by atoms with Crippen LogP contribution in [0.3, 0.4) is 0 Å². The number of hydrogen-bond donors (Lipinski definition) is 0. The molecule has 2 aromatic rings. The van der Waals surface area contributed by atoms with Crippen LogP contribution in [-0.4, -0.2) is 55.0 Å². The van der Waals surface area contributed by atoms with Crippen molar-refractivity contribution >= 4 is 11.8 Å². The third-order valence-electron chi connectivity index (χ3n) is 8.04. The van der Waals surface area contributed by atoms with Crippen molar-refractivity contribution in [1.82, 2.24) is 9.80 Å². The lowest BCUT2D eigenvalue weighted by Gasteiger charge is -2.31. The monoisotopic (exact) mass is 588 g/mol. The van der Waals surface area contributed by atoms with Crippen molar-refractivity contribution < 1.29 is 19.1 Å². The zero-order chi connectivity index (χ0) is 30.7. The Morgan fingerprint density at radius 3 is 2.02 bits per heavy atom. The van der Waals surface area contributed by atoms with Crippen LogP contribution in [0.2, 0.25) is 0 Å². The van der Waals surface area contributed by atoms with E-state index >= 15 is 0 Å². The normalized spacial score (nSPS) is 12.6. The van der Waals surface area contributed by atoms with E-state index in [1.807, 2.05) is 30.4 Å². The number of hydrogen-bond acceptors (Lipinski definition) is 5. The fraction of sp³-hybridized carbons (Fsp3) is 0.514. The number of methoxy groups -OCH3 is 1. The molecule has 0 spiro atoms. The van der Waals surface area contributed by atoms with Crippen LogP contribution in [0.15, 0.2) is 72.5 Å². The second-order valence-corrected chi connectivity index (χ2v) is 11.3. The van der Waals surface area contributed by atoms with E-state index in [-0.39, 0.29) is 18.4 Å². The Morgan fingerprint density at radius 1 is 0.767 bits per heavy atom. The lowest BCUT2D eigenvalue weighted by molar-refractivity contribution is 0.0619. The lowest BCUT2D eigenvalue weighted by atomic mass is 10.1. The minimum atomic E-state index is -0.363. The van der Waals surface area contributed by atoms with Crippen molar-refractivity contribution in [3.63, 3.8) is 0 Å². The van der Waals surface area contributed by atoms with Crippen LogP contribution in [0.25, 0.3) is 0 Å². The van der Waals surface area contributed by atoms with Crippen molar-refractivity contribution in [2.75, 3.05) is 33.4 Å². The first-order valence-electron chi connectivity index (χ1n) is 16.4. The van der Waals surface area contributed by atoms with Crippen LogP contribution in [0.4, 0.5) is 0 Å². The average molecular weight is 589 g/mol. The molecular weight excluding hydrogens is 536 g/mol. The lowest BCUT2D eigenvalue weighted by Crippen LogP contribution is -2.41. The molecule has 0 aliphatic carbocycles. The Kier molecular flexibility index (Phi) is 15.5. The number of ether oxygens (including phenoxy) is 2. The fourth-order valence-electron chi connectivity index (χ4n) is 5.41. The Morgan fingerprint density at radius 2 is 1.40 bits per heavy atom. The first-order valence-corrected chi connectivity index (χ1v) is 16.4. The van der Waals surface area contributed by atoms with Crippen LogP contribution in [0.1, 0.15) is 112 Å². The molecule has 0 radical (unpaired) electrons. The standard InChI is InChI=1S/C37H52N2O4/c1-4-6-7-8-9-10-11-12-13-14-15-21-28-43-35-29-32(25-26-34(35)42-3)37(41)39(36(40)31-22-17-16-18-23-31)30-33-24-19-20-27-38(33)5-2/h16-20,22-26,29H,4-15,21,27-28,30H2,1-3H3. The molecule has 1 heterocycles. The molecule has 2 amide bonds. The van der Waals surface area contributed by atoms with Crippen LogP contribution >= 0.6 is 0 Å². The second kappa shape index (κ2) is 19.6. The smallest absolute Gasteiger partial charge is 0.261 e. The highest BCUT2D eigenvalue weighted by Crippen LogP contribution is 2.29. The number of allylic oxidation sites excluding steroid dienone is 2. The molecule has 0 aromatic heterocycles. The Balaban J connectivity index is 1.58. The molecule has 0 saturated heterocycles. The maximum absolute atomic E-state index is 13.9. The summed E-state index contributed by atoms with van der Waals surface area (Å²) in [6.45, 7) is 6.62. The highest BCUT2D eigenvalue weighted by Gasteiger charge is 2.27. The van der Waals surface area contributed by atoms with Gasteiger partial charge < -0.3 is 14.4 Å². The van der Waals surface area contributed by atoms with Gasteiger partial charge in [-0.3, -0.25) is 14.5 Å². The Labute approximate surface area is 259 Å². The maximum atomic E-state index is 13.9. The number of carbonyl (C=O) groups is 2. The summed E-state index contributed by atoms with van der Waals surface area (Å²) in [5, 5.41) is 0. The molecule has 1 aliphatic heterocycles. The molecule has 1 aliphatic rings. The second-order valence-electron chi connectivity index (χ2n) is 11.3. The van der Waals surface area contributed by atoms with Gasteiger partial charge in [-0.1, -0.05) is 108 Å². The van der Waals surface area contributed by atoms with Crippen molar-refractivity contribution in [3.8, 4) is 11.5 Å². The maximum Gasteiger partial charge on any atom is 0.261 e. The summed E-state index contributed by atoms with van der Waals surface area (Å²) in [7, 11) is 1.60. The quantitative estimate of drug-likeness (QED) is 0.114. The first-order chi connectivity index (χ1) is 21.1. The van der Waals surface area contributed by atoms with Gasteiger partial charge in [-0.2, -0.15) is 0 Å². The predicted molar refractivity (Wildman–Crippen MR) is 176 cm³/mol. The molecule has 0 unspecified atom stereocenters. The number of imide groups is 1. The zero-order valence-corrected chi connectivity index (χ0v) is 26.7. The van der Waals surface area contributed by atoms with Gasteiger partial charge in [-0.05, 0) is 49.8 Å². The average Bonchev–Trinajstić information content (AvgIpc) is 3.05. The van der Waals surface area contributed by atoms with E-state index in [9.17, 15) is 9.59 Å². The minimum absolute atomic E-state index is 0.186. The molecule has 0 fully saturated rings. The molecule has 0 N–H and O–H groups in total. The number of amides is 2. The van der Waals surface area contributed by atoms with Gasteiger partial charge in [0.05, 0.1) is 20.3 Å². The number of carbonyl (C=O) groups excluding carboxylic acids is 2. The SMILES string of the molecule is CCCCCCCCCCCCCCOc1cc(C(=O)N(CC2=CC=CCN2CC)C(=O)c2ccccc2)ccc1OC. The number of rotatable bonds is 20. The van der Waals surface area contributed by atoms with Gasteiger partial charge in [0.2, 0.25) is 0 Å². The van der Waals surface area contributed by atoms with Gasteiger partial charge in [0.15, 0.2) is 11.5 Å². The van der Waals surface area contributed by atoms with E-state index < -0.39 is 0 Å². The summed E-state index contributed by atoms with van der Waals surface area (Å²) in [6.07, 6.45) is 21.4. The highest BCUT2D eigenvalue weighted by molar-refractivity contribution is 6.10. The molecule has 0 saturated carbocycles. The van der Waals surface area contributed by atoms with Gasteiger partial charge >= 0.3 is 0 Å². The molecule has 6 heteroatoms. The Hall–Kier alpha value is -3.54. The number of nitrogens with zero attached hydrogens (tertiary/aromatic N) is 2. The van der Waals surface area contributed by atoms with E-state index in [0.29, 0.717) is 29.2 Å². The fourth-order valence-corrected chi connectivity index (χ4v) is 5.41. The summed E-state index contributed by atoms with van der Waals surface area (Å²) in [4.78, 5) is 31.0. The van der Waals surface area contributed by atoms with Gasteiger partial charge in [-0.15, -0.1) is 0 Å². The number of likely N-dealkylation sites (N-methyl/N-ethyl adjacent to an activating group) is 1. The van der Waals surface area contributed by atoms with E-state index in [2.05, 4.69) is 24.8 Å². The third kappa shape index (κ3) is 11.2. The van der Waals surface area contributed by atoms with E-state index in [1.165, 1.54) is 69.1 Å². The van der Waals surface area contributed by atoms with Gasteiger partial charge in [-0.25, -0.2) is 0 Å². The van der Waals surface area contributed by atoms with Crippen molar-refractivity contribution in [2.45, 2.75) is 90.9 Å². The third-order valence-corrected chi connectivity index (χ3v) is 8.04. The minimum Gasteiger partial charge on any atom is -0.493 e. The molecule has 43 heavy (non-hydrogen) atoms. The summed E-state index contributed by atoms with van der Waals surface area (Å²) in [5.74, 6) is 0.414. The highest BCUT2D eigenvalue weighted by atomic mass is 16.5. The largest absolute Gasteiger partial charge is 0.493 e. The molecule has 234 valence electrons. The first kappa shape index (κ1) is 34.0. The topological polar surface area (TPSA) is 59.1 Å². The van der Waals surface area contributed by atoms with Crippen LogP contribution in [0.5, 0.6) is 11.5 Å². The molecular formula is C37H52N2O4. The van der Waals surface area contributed by atoms with Crippen molar-refractivity contribution in [2.24, 2.45) is 0 Å². The van der Waals surface area contributed by atoms with Crippen LogP contribution in [0, 0.1) is 0 Å². The van der Waals surface area contributed by atoms with Gasteiger partial charge in [0.1, 0.15) is 0 Å². The van der Waals surface area contributed by atoms with Crippen molar-refractivity contribution in [3.05, 3.63) is 83.6 Å². The van der Waals surface area contributed by atoms with E-state index in [4.69, 9.17) is 9.47 Å². The summed E-state index contributed by atoms with van der Waals surface area (Å²) < 4.78 is 11.6. The summed E-state index contributed by atoms with van der Waals surface area (Å²) in [5.41, 5.74) is 1.80. The number of unbranched alkanes of at least 4 members (excludes halogenated alkanes) is 11. The van der Waals surface area contributed by atoms with E-state index in [1.54, 1.807) is 37.4 Å². The summed E-state index contributed by atoms with van der Waals surface area (Å²) >= 11 is 0. The molecule has 6 nitrogen and oxygen atoms in total. The summed E-state index contributed by atoms with van der Waals surface area (Å²) in [6, 6.07) is 14.1. The molecule has 0 bridgehead atoms. The van der Waals surface area contributed by atoms with Crippen LogP contribution < -0.4 is 9.47 Å². The molecule has 2 aromatic carbocycles. The zero-order valence-electron chi connectivity index (χ0n) is 26.7. The molecule has 0 atom stereocenters.